The van der Waals surface area contributed by atoms with Crippen molar-refractivity contribution in [3.63, 3.8) is 0 Å². The Kier molecular flexibility index (Phi) is 11.8. The zero-order valence-corrected chi connectivity index (χ0v) is 21.5. The van der Waals surface area contributed by atoms with E-state index in [1.54, 1.807) is 28.4 Å². The minimum atomic E-state index is 0.0661. The molecular weight excluding hydrogens is 428 g/mol. The number of aliphatic hydroxyl groups is 1. The molecule has 1 saturated carbocycles. The number of benzene rings is 1. The van der Waals surface area contributed by atoms with E-state index in [0.29, 0.717) is 5.75 Å². The molecule has 3 rings (SSSR count). The van der Waals surface area contributed by atoms with Gasteiger partial charge in [-0.2, -0.15) is 0 Å². The summed E-state index contributed by atoms with van der Waals surface area (Å²) in [5, 5.41) is 9.76. The van der Waals surface area contributed by atoms with E-state index < -0.39 is 0 Å². The maximum atomic E-state index is 9.76. The molecule has 0 radical (unpaired) electrons. The van der Waals surface area contributed by atoms with E-state index in [1.165, 1.54) is 29.5 Å². The first-order valence-electron chi connectivity index (χ1n) is 12.2. The lowest BCUT2D eigenvalue weighted by Crippen LogP contribution is -2.04. The van der Waals surface area contributed by atoms with Gasteiger partial charge in [0.1, 0.15) is 5.76 Å². The molecule has 1 fully saturated rings. The van der Waals surface area contributed by atoms with E-state index >= 15 is 0 Å². The largest absolute Gasteiger partial charge is 0.497 e. The number of methoxy groups -OCH3 is 4. The van der Waals surface area contributed by atoms with Gasteiger partial charge in [-0.05, 0) is 87.0 Å². The Balaban J connectivity index is 0.00000199. The van der Waals surface area contributed by atoms with Gasteiger partial charge >= 0.3 is 0 Å². The molecular formula is C29H42O5. The van der Waals surface area contributed by atoms with E-state index in [2.05, 4.69) is 31.4 Å². The van der Waals surface area contributed by atoms with Crippen LogP contribution >= 0.6 is 0 Å². The van der Waals surface area contributed by atoms with Gasteiger partial charge in [0.25, 0.3) is 0 Å². The Labute approximate surface area is 205 Å². The maximum absolute atomic E-state index is 9.76. The van der Waals surface area contributed by atoms with Gasteiger partial charge in [0.05, 0.1) is 35.0 Å². The molecule has 0 heterocycles. The number of allylic oxidation sites excluding steroid dienone is 4. The van der Waals surface area contributed by atoms with Crippen LogP contribution in [0.5, 0.6) is 17.2 Å². The number of rotatable bonds is 10. The first-order chi connectivity index (χ1) is 16.6. The van der Waals surface area contributed by atoms with Gasteiger partial charge in [0.15, 0.2) is 11.5 Å². The van der Waals surface area contributed by atoms with Crippen molar-refractivity contribution in [1.82, 2.24) is 0 Å². The summed E-state index contributed by atoms with van der Waals surface area (Å²) in [5.74, 6) is 3.73. The molecule has 0 atom stereocenters. The molecule has 188 valence electrons. The fourth-order valence-corrected chi connectivity index (χ4v) is 4.49. The Morgan fingerprint density at radius 3 is 2.35 bits per heavy atom. The summed E-state index contributed by atoms with van der Waals surface area (Å²) in [5.41, 5.74) is 4.93. The third-order valence-electron chi connectivity index (χ3n) is 6.45. The molecule has 0 aromatic heterocycles. The fourth-order valence-electron chi connectivity index (χ4n) is 4.49. The van der Waals surface area contributed by atoms with Crippen LogP contribution in [0.3, 0.4) is 0 Å². The molecule has 34 heavy (non-hydrogen) atoms. The predicted octanol–water partition coefficient (Wildman–Crippen LogP) is 6.35. The first-order valence-corrected chi connectivity index (χ1v) is 12.2. The average molecular weight is 471 g/mol. The summed E-state index contributed by atoms with van der Waals surface area (Å²) in [6.07, 6.45) is 15.9. The number of hydrogen-bond donors (Lipinski definition) is 1. The van der Waals surface area contributed by atoms with Crippen LogP contribution in [0.2, 0.25) is 0 Å². The Morgan fingerprint density at radius 1 is 1.03 bits per heavy atom. The number of aryl methyl sites for hydroxylation is 1. The van der Waals surface area contributed by atoms with Crippen molar-refractivity contribution in [1.29, 1.82) is 0 Å². The standard InChI is InChI=1S/C27H38O5.C2H4/c1-29-24(22(18-28)16-20-12-13-20)11-7-9-19-8-5-6-10-23-21(15-14-19)17-25(30-2)27(32-4)26(23)31-3;1-2/h7-8,11,17,20,28H,5-6,9-10,12-16,18H2,1-4H3;1-2H2/b11-7-,19-8-,24-22+;. The molecule has 1 aromatic carbocycles. The van der Waals surface area contributed by atoms with Crippen LogP contribution in [-0.2, 0) is 17.6 Å². The minimum Gasteiger partial charge on any atom is -0.497 e. The lowest BCUT2D eigenvalue weighted by atomic mass is 9.96. The van der Waals surface area contributed by atoms with Crippen molar-refractivity contribution >= 4 is 0 Å². The van der Waals surface area contributed by atoms with E-state index in [1.807, 2.05) is 6.08 Å². The van der Waals surface area contributed by atoms with Crippen LogP contribution in [0.4, 0.5) is 0 Å². The SMILES string of the molecule is C=C.COC(/C=C\C/C1=C/CCCc2c(cc(OC)c(OC)c2OC)CC1)=C(/CO)CC1CC1. The molecule has 0 bridgehead atoms. The average Bonchev–Trinajstić information content (AvgIpc) is 3.69. The highest BCUT2D eigenvalue weighted by atomic mass is 16.5. The van der Waals surface area contributed by atoms with Gasteiger partial charge < -0.3 is 24.1 Å². The maximum Gasteiger partial charge on any atom is 0.203 e. The summed E-state index contributed by atoms with van der Waals surface area (Å²) in [6, 6.07) is 2.10. The molecule has 1 N–H and O–H groups in total. The predicted molar refractivity (Wildman–Crippen MR) is 139 cm³/mol. The van der Waals surface area contributed by atoms with Crippen LogP contribution in [0.15, 0.2) is 54.4 Å². The van der Waals surface area contributed by atoms with Crippen molar-refractivity contribution in [3.05, 3.63) is 65.5 Å². The second-order valence-corrected chi connectivity index (χ2v) is 8.62. The van der Waals surface area contributed by atoms with Gasteiger partial charge in [-0.25, -0.2) is 0 Å². The van der Waals surface area contributed by atoms with E-state index in [-0.39, 0.29) is 6.61 Å². The Bertz CT molecular complexity index is 877. The summed E-state index contributed by atoms with van der Waals surface area (Å²) in [4.78, 5) is 0. The number of hydrogen-bond acceptors (Lipinski definition) is 5. The molecule has 0 saturated heterocycles. The third-order valence-corrected chi connectivity index (χ3v) is 6.45. The number of ether oxygens (including phenoxy) is 4. The topological polar surface area (TPSA) is 57.2 Å². The molecule has 0 spiro atoms. The fraction of sp³-hybridized carbons (Fsp3) is 0.517. The molecule has 2 aliphatic carbocycles. The van der Waals surface area contributed by atoms with Crippen LogP contribution < -0.4 is 14.2 Å². The van der Waals surface area contributed by atoms with Crippen molar-refractivity contribution in [2.75, 3.05) is 35.0 Å². The summed E-state index contributed by atoms with van der Waals surface area (Å²) in [7, 11) is 6.71. The van der Waals surface area contributed by atoms with Crippen molar-refractivity contribution < 1.29 is 24.1 Å². The molecule has 1 aromatic rings. The van der Waals surface area contributed by atoms with Gasteiger partial charge in [-0.3, -0.25) is 0 Å². The van der Waals surface area contributed by atoms with Crippen LogP contribution in [-0.4, -0.2) is 40.2 Å². The summed E-state index contributed by atoms with van der Waals surface area (Å²) < 4.78 is 22.5. The molecule has 2 aliphatic rings. The van der Waals surface area contributed by atoms with Gasteiger partial charge in [0, 0.05) is 5.56 Å². The molecule has 5 heteroatoms. The van der Waals surface area contributed by atoms with Gasteiger partial charge in [-0.15, -0.1) is 13.2 Å². The molecule has 0 aliphatic heterocycles. The summed E-state index contributed by atoms with van der Waals surface area (Å²) in [6.45, 7) is 6.07. The number of aliphatic hydroxyl groups excluding tert-OH is 1. The minimum absolute atomic E-state index is 0.0661. The van der Waals surface area contributed by atoms with Crippen molar-refractivity contribution in [2.24, 2.45) is 5.92 Å². The highest BCUT2D eigenvalue weighted by molar-refractivity contribution is 5.59. The Morgan fingerprint density at radius 2 is 1.76 bits per heavy atom. The Hall–Kier alpha value is -2.66. The first kappa shape index (κ1) is 27.6. The monoisotopic (exact) mass is 470 g/mol. The molecule has 0 amide bonds. The normalized spacial score (nSPS) is 18.1. The highest BCUT2D eigenvalue weighted by Gasteiger charge is 2.24. The van der Waals surface area contributed by atoms with Crippen LogP contribution in [0.1, 0.15) is 56.1 Å². The molecule has 5 nitrogen and oxygen atoms in total. The van der Waals surface area contributed by atoms with Crippen LogP contribution in [0.25, 0.3) is 0 Å². The lowest BCUT2D eigenvalue weighted by Gasteiger charge is -2.19. The third kappa shape index (κ3) is 7.42. The zero-order chi connectivity index (χ0) is 24.9. The smallest absolute Gasteiger partial charge is 0.203 e. The van der Waals surface area contributed by atoms with Crippen molar-refractivity contribution in [2.45, 2.75) is 57.8 Å². The zero-order valence-electron chi connectivity index (χ0n) is 21.5. The second-order valence-electron chi connectivity index (χ2n) is 8.62. The van der Waals surface area contributed by atoms with Crippen molar-refractivity contribution in [3.8, 4) is 17.2 Å². The van der Waals surface area contributed by atoms with Gasteiger partial charge in [-0.1, -0.05) is 17.7 Å². The molecule has 0 unspecified atom stereocenters. The van der Waals surface area contributed by atoms with E-state index in [0.717, 1.165) is 73.7 Å². The van der Waals surface area contributed by atoms with Gasteiger partial charge in [0.2, 0.25) is 5.75 Å². The second kappa shape index (κ2) is 14.6. The number of fused-ring (bicyclic) bond motifs is 1. The summed E-state index contributed by atoms with van der Waals surface area (Å²) >= 11 is 0. The van der Waals surface area contributed by atoms with E-state index in [4.69, 9.17) is 18.9 Å². The quantitative estimate of drug-likeness (QED) is 0.245. The highest BCUT2D eigenvalue weighted by Crippen LogP contribution is 2.43. The van der Waals surface area contributed by atoms with E-state index in [9.17, 15) is 5.11 Å². The lowest BCUT2D eigenvalue weighted by molar-refractivity contribution is 0.275. The van der Waals surface area contributed by atoms with Crippen LogP contribution in [0, 0.1) is 5.92 Å².